The molecule has 0 bridgehead atoms. The lowest BCUT2D eigenvalue weighted by Gasteiger charge is -2.14. The van der Waals surface area contributed by atoms with Gasteiger partial charge in [0.15, 0.2) is 0 Å². The van der Waals surface area contributed by atoms with Crippen molar-refractivity contribution in [3.63, 3.8) is 0 Å². The summed E-state index contributed by atoms with van der Waals surface area (Å²) in [6.07, 6.45) is 0.464. The average Bonchev–Trinajstić information content (AvgIpc) is 3.26. The fourth-order valence-corrected chi connectivity index (χ4v) is 3.03. The number of amides is 2. The van der Waals surface area contributed by atoms with Crippen molar-refractivity contribution in [2.75, 3.05) is 0 Å². The summed E-state index contributed by atoms with van der Waals surface area (Å²) in [6, 6.07) is 17.0. The molecule has 3 aromatic rings. The highest BCUT2D eigenvalue weighted by Gasteiger charge is 2.16. The van der Waals surface area contributed by atoms with Gasteiger partial charge in [-0.25, -0.2) is 0 Å². The minimum Gasteiger partial charge on any atom is -0.350 e. The molecule has 0 saturated heterocycles. The Kier molecular flexibility index (Phi) is 7.54. The van der Waals surface area contributed by atoms with Gasteiger partial charge in [0.1, 0.15) is 6.04 Å². The van der Waals surface area contributed by atoms with Gasteiger partial charge in [-0.3, -0.25) is 9.59 Å². The maximum atomic E-state index is 12.2. The van der Waals surface area contributed by atoms with Crippen LogP contribution in [0.3, 0.4) is 0 Å². The van der Waals surface area contributed by atoms with E-state index in [1.165, 1.54) is 5.56 Å². The summed E-state index contributed by atoms with van der Waals surface area (Å²) in [5.74, 6) is 0.861. The molecule has 7 heteroatoms. The zero-order valence-electron chi connectivity index (χ0n) is 18.1. The number of rotatable bonds is 9. The number of hydrogen-bond acceptors (Lipinski definition) is 5. The topological polar surface area (TPSA) is 97.1 Å². The van der Waals surface area contributed by atoms with Gasteiger partial charge in [0.25, 0.3) is 0 Å². The molecule has 0 spiro atoms. The van der Waals surface area contributed by atoms with Crippen molar-refractivity contribution in [1.29, 1.82) is 0 Å². The molecule has 0 aliphatic heterocycles. The molecule has 1 atom stereocenters. The molecule has 2 N–H and O–H groups in total. The zero-order chi connectivity index (χ0) is 22.2. The quantitative estimate of drug-likeness (QED) is 0.551. The number of carbonyl (C=O) groups is 2. The van der Waals surface area contributed by atoms with Gasteiger partial charge < -0.3 is 15.2 Å². The van der Waals surface area contributed by atoms with Crippen LogP contribution in [0.1, 0.15) is 50.1 Å². The van der Waals surface area contributed by atoms with Crippen LogP contribution in [0.25, 0.3) is 11.4 Å². The molecule has 2 aromatic carbocycles. The van der Waals surface area contributed by atoms with E-state index in [4.69, 9.17) is 4.52 Å². The van der Waals surface area contributed by atoms with E-state index >= 15 is 0 Å². The average molecular weight is 421 g/mol. The summed E-state index contributed by atoms with van der Waals surface area (Å²) >= 11 is 0. The van der Waals surface area contributed by atoms with Crippen LogP contribution < -0.4 is 10.6 Å². The van der Waals surface area contributed by atoms with Crippen molar-refractivity contribution in [2.45, 2.75) is 52.1 Å². The van der Waals surface area contributed by atoms with Gasteiger partial charge in [-0.05, 0) is 24.0 Å². The molecule has 1 aromatic heterocycles. The maximum absolute atomic E-state index is 12.2. The molecular formula is C24H28N4O3. The predicted octanol–water partition coefficient (Wildman–Crippen LogP) is 3.61. The van der Waals surface area contributed by atoms with Crippen LogP contribution in [-0.2, 0) is 22.6 Å². The third-order valence-electron chi connectivity index (χ3n) is 4.95. The van der Waals surface area contributed by atoms with Crippen molar-refractivity contribution in [3.8, 4) is 11.4 Å². The molecule has 31 heavy (non-hydrogen) atoms. The highest BCUT2D eigenvalue weighted by molar-refractivity contribution is 5.87. The summed E-state index contributed by atoms with van der Waals surface area (Å²) in [5, 5.41) is 9.52. The van der Waals surface area contributed by atoms with Crippen LogP contribution in [0.5, 0.6) is 0 Å². The highest BCUT2D eigenvalue weighted by atomic mass is 16.5. The number of nitrogens with zero attached hydrogens (tertiary/aromatic N) is 2. The summed E-state index contributed by atoms with van der Waals surface area (Å²) in [4.78, 5) is 28.8. The number of carbonyl (C=O) groups excluding carboxylic acids is 2. The fourth-order valence-electron chi connectivity index (χ4n) is 3.03. The van der Waals surface area contributed by atoms with Crippen LogP contribution in [0.4, 0.5) is 0 Å². The third kappa shape index (κ3) is 6.50. The van der Waals surface area contributed by atoms with Gasteiger partial charge in [0, 0.05) is 24.9 Å². The molecule has 1 heterocycles. The van der Waals surface area contributed by atoms with E-state index < -0.39 is 6.04 Å². The Morgan fingerprint density at radius 3 is 2.39 bits per heavy atom. The van der Waals surface area contributed by atoms with Gasteiger partial charge in [0.2, 0.25) is 23.5 Å². The fraction of sp³-hybridized carbons (Fsp3) is 0.333. The Morgan fingerprint density at radius 1 is 1.00 bits per heavy atom. The summed E-state index contributed by atoms with van der Waals surface area (Å²) in [5.41, 5.74) is 3.11. The number of nitrogens with one attached hydrogen (secondary N) is 2. The molecule has 0 aliphatic carbocycles. The molecule has 2 amide bonds. The normalized spacial score (nSPS) is 11.9. The zero-order valence-corrected chi connectivity index (χ0v) is 18.1. The first-order valence-corrected chi connectivity index (χ1v) is 10.5. The van der Waals surface area contributed by atoms with E-state index in [1.807, 2.05) is 54.6 Å². The second kappa shape index (κ2) is 10.5. The van der Waals surface area contributed by atoms with Crippen molar-refractivity contribution in [3.05, 3.63) is 71.6 Å². The summed E-state index contributed by atoms with van der Waals surface area (Å²) < 4.78 is 5.27. The minimum atomic E-state index is -0.631. The standard InChI is InChI=1S/C24H28N4O3/c1-16(2)19-9-11-20(12-10-19)23-27-22(31-28-23)14-13-21(29)26-17(3)24(30)25-15-18-7-5-4-6-8-18/h4-12,16-17H,13-15H2,1-3H3,(H,25,30)(H,26,29). The number of hydrogen-bond donors (Lipinski definition) is 2. The van der Waals surface area contributed by atoms with E-state index in [0.29, 0.717) is 30.6 Å². The number of aryl methyl sites for hydroxylation is 1. The van der Waals surface area contributed by atoms with Crippen molar-refractivity contribution in [1.82, 2.24) is 20.8 Å². The second-order valence-electron chi connectivity index (χ2n) is 7.78. The first-order valence-electron chi connectivity index (χ1n) is 10.5. The minimum absolute atomic E-state index is 0.157. The van der Waals surface area contributed by atoms with E-state index in [2.05, 4.69) is 34.6 Å². The van der Waals surface area contributed by atoms with Gasteiger partial charge in [-0.1, -0.05) is 73.6 Å². The van der Waals surface area contributed by atoms with Gasteiger partial charge in [0.05, 0.1) is 0 Å². The lowest BCUT2D eigenvalue weighted by molar-refractivity contribution is -0.128. The Bertz CT molecular complexity index is 997. The predicted molar refractivity (Wildman–Crippen MR) is 118 cm³/mol. The Balaban J connectivity index is 1.44. The largest absolute Gasteiger partial charge is 0.350 e. The number of aromatic nitrogens is 2. The highest BCUT2D eigenvalue weighted by Crippen LogP contribution is 2.20. The molecule has 0 aliphatic rings. The van der Waals surface area contributed by atoms with E-state index in [9.17, 15) is 9.59 Å². The summed E-state index contributed by atoms with van der Waals surface area (Å²) in [7, 11) is 0. The van der Waals surface area contributed by atoms with Gasteiger partial charge >= 0.3 is 0 Å². The lowest BCUT2D eigenvalue weighted by atomic mass is 10.0. The molecule has 1 unspecified atom stereocenters. The van der Waals surface area contributed by atoms with E-state index in [-0.39, 0.29) is 18.2 Å². The Morgan fingerprint density at radius 2 is 1.71 bits per heavy atom. The van der Waals surface area contributed by atoms with Crippen LogP contribution in [0.2, 0.25) is 0 Å². The van der Waals surface area contributed by atoms with Crippen molar-refractivity contribution >= 4 is 11.8 Å². The van der Waals surface area contributed by atoms with Crippen molar-refractivity contribution < 1.29 is 14.1 Å². The number of benzene rings is 2. The Labute approximate surface area is 182 Å². The van der Waals surface area contributed by atoms with E-state index in [0.717, 1.165) is 11.1 Å². The molecule has 3 rings (SSSR count). The lowest BCUT2D eigenvalue weighted by Crippen LogP contribution is -2.44. The SMILES string of the molecule is CC(NC(=O)CCc1nc(-c2ccc(C(C)C)cc2)no1)C(=O)NCc1ccccc1. The van der Waals surface area contributed by atoms with Crippen LogP contribution in [0, 0.1) is 0 Å². The van der Waals surface area contributed by atoms with Gasteiger partial charge in [-0.2, -0.15) is 4.98 Å². The molecule has 7 nitrogen and oxygen atoms in total. The summed E-state index contributed by atoms with van der Waals surface area (Å²) in [6.45, 7) is 6.35. The van der Waals surface area contributed by atoms with Crippen LogP contribution in [-0.4, -0.2) is 28.0 Å². The van der Waals surface area contributed by atoms with Gasteiger partial charge in [-0.15, -0.1) is 0 Å². The first-order chi connectivity index (χ1) is 14.9. The van der Waals surface area contributed by atoms with Crippen LogP contribution in [0.15, 0.2) is 59.1 Å². The second-order valence-corrected chi connectivity index (χ2v) is 7.78. The Hall–Kier alpha value is -3.48. The van der Waals surface area contributed by atoms with Crippen molar-refractivity contribution in [2.24, 2.45) is 0 Å². The van der Waals surface area contributed by atoms with Crippen LogP contribution >= 0.6 is 0 Å². The third-order valence-corrected chi connectivity index (χ3v) is 4.95. The molecule has 0 radical (unpaired) electrons. The molecule has 0 saturated carbocycles. The monoisotopic (exact) mass is 420 g/mol. The smallest absolute Gasteiger partial charge is 0.242 e. The molecule has 162 valence electrons. The first kappa shape index (κ1) is 22.2. The maximum Gasteiger partial charge on any atom is 0.242 e. The molecular weight excluding hydrogens is 392 g/mol. The van der Waals surface area contributed by atoms with E-state index in [1.54, 1.807) is 6.92 Å². The molecule has 0 fully saturated rings.